The van der Waals surface area contributed by atoms with Crippen molar-refractivity contribution in [3.63, 3.8) is 0 Å². The first-order valence-electron chi connectivity index (χ1n) is 43.5. The van der Waals surface area contributed by atoms with Gasteiger partial charge in [-0.05, 0) is 256 Å². The van der Waals surface area contributed by atoms with Gasteiger partial charge in [-0.3, -0.25) is 14.3 Å². The van der Waals surface area contributed by atoms with E-state index >= 15 is 0 Å². The molecule has 3 aromatic carbocycles. The number of piperidine rings is 6. The molecule has 6 saturated heterocycles. The molecule has 12 fully saturated rings. The van der Waals surface area contributed by atoms with E-state index in [2.05, 4.69) is 309 Å². The van der Waals surface area contributed by atoms with Crippen molar-refractivity contribution < 1.29 is 0 Å². The zero-order chi connectivity index (χ0) is 81.5. The first kappa shape index (κ1) is 82.0. The molecule has 0 bridgehead atoms. The monoisotopic (exact) mass is 1580 g/mol. The van der Waals surface area contributed by atoms with E-state index in [0.29, 0.717) is 32.5 Å². The Morgan fingerprint density at radius 2 is 0.649 bits per heavy atom. The Kier molecular flexibility index (Phi) is 22.1. The van der Waals surface area contributed by atoms with Gasteiger partial charge in [-0.2, -0.15) is 10.2 Å². The number of aryl methyl sites for hydroxylation is 6. The molecule has 6 aliphatic heterocycles. The molecule has 13 nitrogen and oxygen atoms in total. The van der Waals surface area contributed by atoms with Crippen molar-refractivity contribution in [3.8, 4) is 22.3 Å². The first-order chi connectivity index (χ1) is 53.5. The van der Waals surface area contributed by atoms with E-state index in [-0.39, 0.29) is 0 Å². The number of halogens is 2. The first-order valence-corrected chi connectivity index (χ1v) is 44.2. The smallest absolute Gasteiger partial charge is 0.129 e. The summed E-state index contributed by atoms with van der Waals surface area (Å²) in [5.74, 6) is 18.7. The summed E-state index contributed by atoms with van der Waals surface area (Å²) in [6.45, 7) is 65.6. The second kappa shape index (κ2) is 30.7. The van der Waals surface area contributed by atoms with Gasteiger partial charge in [0, 0.05) is 173 Å². The van der Waals surface area contributed by atoms with Crippen molar-refractivity contribution in [2.45, 2.75) is 152 Å². The average molecular weight is 1580 g/mol. The van der Waals surface area contributed by atoms with E-state index in [4.69, 9.17) is 23.2 Å². The summed E-state index contributed by atoms with van der Waals surface area (Å²) in [7, 11) is 3.92. The minimum absolute atomic E-state index is 0.458. The number of rotatable bonds is 8. The maximum atomic E-state index is 6.21. The van der Waals surface area contributed by atoms with Crippen molar-refractivity contribution >= 4 is 57.6 Å². The number of hydrogen-bond acceptors (Lipinski definition) is 11. The average Bonchev–Trinajstić information content (AvgIpc) is 1.59. The van der Waals surface area contributed by atoms with E-state index in [0.717, 1.165) is 158 Å². The van der Waals surface area contributed by atoms with E-state index in [1.807, 2.05) is 61.2 Å². The Balaban J connectivity index is 0.000000108. The molecule has 20 rings (SSSR count). The number of fused-ring (bicyclic) bond motifs is 6. The third kappa shape index (κ3) is 17.7. The van der Waals surface area contributed by atoms with Gasteiger partial charge in [0.15, 0.2) is 0 Å². The van der Waals surface area contributed by atoms with Crippen molar-refractivity contribution in [1.29, 1.82) is 0 Å². The lowest BCUT2D eigenvalue weighted by Gasteiger charge is -2.27. The van der Waals surface area contributed by atoms with Crippen LogP contribution in [0.4, 0.5) is 34.4 Å². The minimum atomic E-state index is 0.458. The van der Waals surface area contributed by atoms with Crippen LogP contribution in [0.15, 0.2) is 140 Å². The summed E-state index contributed by atoms with van der Waals surface area (Å²) in [6.07, 6.45) is 11.8. The summed E-state index contributed by atoms with van der Waals surface area (Å²) in [5, 5.41) is 10.2. The molecule has 12 aliphatic rings. The molecule has 12 atom stereocenters. The molecule has 12 unspecified atom stereocenters. The highest BCUT2D eigenvalue weighted by molar-refractivity contribution is 6.32. The van der Waals surface area contributed by atoms with Crippen molar-refractivity contribution in [1.82, 2.24) is 34.5 Å². The van der Waals surface area contributed by atoms with Gasteiger partial charge in [0.2, 0.25) is 0 Å². The Morgan fingerprint density at radius 3 is 1.02 bits per heavy atom. The lowest BCUT2D eigenvalue weighted by molar-refractivity contribution is 0.309. The SMILES string of the molecule is Cc1cc(N2CC3C(C2)C3C(C)(C)C)ccn1.Cc1ccc(N2CC3C(C2)C3C(C)(C)C)cc1Cl.Cc1cccc(N2CC3C(C2)C3C(C)(C)C)n1.Cc1cnc(N2CC3C(C2)C3C(C)(C)C)cc1Cl.Cn1cc(-c2ccc(N3CC4C(C3)C4C(C)(C)C)cc2)cn1.Cn1cc(-c2cccc(N3CC4C(C3)C4C(C)(C)C)c2)cn1. The molecular weight excluding hydrogens is 1440 g/mol. The molecule has 11 heterocycles. The van der Waals surface area contributed by atoms with Gasteiger partial charge >= 0.3 is 0 Å². The standard InChI is InChI=1S/2C19H25N3.C16H22ClN.C15H21ClN2.2C15H22N2/c1-19(2,3)18-16-11-22(12-17(16)18)15-7-5-13(6-8-15)14-9-20-21(4)10-14;1-19(2,3)18-16-11-22(12-17(16)18)15-7-5-6-13(8-15)14-9-20-21(4)10-14;1-10-5-6-11(7-14(10)17)18-8-12-13(9-18)15(12)16(2,3)4;1-9-6-17-13(5-12(9)16)18-7-10-11(8-18)14(10)15(2,3)4;1-10-7-11(5-6-16-10)17-8-12-13(9-17)14(12)15(2,3)4;1-10-6-5-7-13(16-10)17-8-11-12(9-17)14(11)15(2,3)4/h2*5-10,16-18H,11-12H2,1-4H3;5-7,12-13,15H,8-9H2,1-4H3;5-6,10-11,14H,7-8H2,1-4H3;5-7,12-14H,8-9H2,1-4H3;5-7,11-12,14H,8-9H2,1-4H3. The molecule has 0 radical (unpaired) electrons. The minimum Gasteiger partial charge on any atom is -0.371 e. The molecule has 0 N–H and O–H groups in total. The van der Waals surface area contributed by atoms with Crippen LogP contribution in [0.25, 0.3) is 22.3 Å². The van der Waals surface area contributed by atoms with Crippen LogP contribution in [0.2, 0.25) is 10.0 Å². The van der Waals surface area contributed by atoms with Crippen molar-refractivity contribution in [3.05, 3.63) is 173 Å². The van der Waals surface area contributed by atoms with E-state index in [1.165, 1.54) is 116 Å². The van der Waals surface area contributed by atoms with Crippen LogP contribution in [0.1, 0.15) is 147 Å². The Hall–Kier alpha value is -7.09. The summed E-state index contributed by atoms with van der Waals surface area (Å²) in [6, 6.07) is 37.0. The zero-order valence-electron chi connectivity index (χ0n) is 73.7. The van der Waals surface area contributed by atoms with E-state index < -0.39 is 0 Å². The molecular formula is C99H137Cl2N13. The third-order valence-electron chi connectivity index (χ3n) is 29.0. The fourth-order valence-electron chi connectivity index (χ4n) is 23.8. The quantitative estimate of drug-likeness (QED) is 0.146. The number of nitrogens with zero attached hydrogens (tertiary/aromatic N) is 13. The van der Waals surface area contributed by atoms with Crippen LogP contribution in [-0.4, -0.2) is 113 Å². The summed E-state index contributed by atoms with van der Waals surface area (Å²) in [4.78, 5) is 28.4. The van der Waals surface area contributed by atoms with Crippen molar-refractivity contribution in [2.24, 2.45) is 153 Å². The number of aromatic nitrogens is 7. The normalized spacial score (nSPS) is 29.5. The molecule has 6 saturated carbocycles. The van der Waals surface area contributed by atoms with Gasteiger partial charge in [-0.1, -0.05) is 184 Å². The van der Waals surface area contributed by atoms with Gasteiger partial charge < -0.3 is 29.4 Å². The molecule has 5 aromatic heterocycles. The second-order valence-electron chi connectivity index (χ2n) is 43.7. The Morgan fingerprint density at radius 1 is 0.298 bits per heavy atom. The second-order valence-corrected chi connectivity index (χ2v) is 44.5. The van der Waals surface area contributed by atoms with Crippen LogP contribution in [0.3, 0.4) is 0 Å². The summed E-state index contributed by atoms with van der Waals surface area (Å²) >= 11 is 12.4. The van der Waals surface area contributed by atoms with Gasteiger partial charge in [0.05, 0.1) is 12.4 Å². The predicted molar refractivity (Wildman–Crippen MR) is 478 cm³/mol. The van der Waals surface area contributed by atoms with Crippen LogP contribution in [0.5, 0.6) is 0 Å². The van der Waals surface area contributed by atoms with Crippen molar-refractivity contribution in [2.75, 3.05) is 108 Å². The molecule has 0 spiro atoms. The largest absolute Gasteiger partial charge is 0.371 e. The number of benzene rings is 3. The molecule has 15 heteroatoms. The summed E-state index contributed by atoms with van der Waals surface area (Å²) in [5.41, 5.74) is 17.6. The highest BCUT2D eigenvalue weighted by Gasteiger charge is 2.64. The third-order valence-corrected chi connectivity index (χ3v) is 29.8. The van der Waals surface area contributed by atoms with Gasteiger partial charge in [0.25, 0.3) is 0 Å². The topological polar surface area (TPSA) is 93.8 Å². The zero-order valence-corrected chi connectivity index (χ0v) is 75.2. The van der Waals surface area contributed by atoms with E-state index in [9.17, 15) is 0 Å². The Bertz CT molecular complexity index is 4460. The number of hydrogen-bond donors (Lipinski definition) is 0. The van der Waals surface area contributed by atoms with Gasteiger partial charge in [-0.25, -0.2) is 9.97 Å². The molecule has 0 amide bonds. The molecule has 612 valence electrons. The highest BCUT2D eigenvalue weighted by Crippen LogP contribution is 2.65. The fraction of sp³-hybridized carbons (Fsp3) is 0.606. The van der Waals surface area contributed by atoms with Crippen LogP contribution < -0.4 is 29.4 Å². The molecule has 8 aromatic rings. The number of anilines is 6. The predicted octanol–water partition coefficient (Wildman–Crippen LogP) is 22.0. The molecule has 114 heavy (non-hydrogen) atoms. The van der Waals surface area contributed by atoms with Gasteiger partial charge in [-0.15, -0.1) is 0 Å². The highest BCUT2D eigenvalue weighted by atomic mass is 35.5. The van der Waals surface area contributed by atoms with Crippen LogP contribution >= 0.6 is 23.2 Å². The van der Waals surface area contributed by atoms with Crippen LogP contribution in [0, 0.1) is 167 Å². The van der Waals surface area contributed by atoms with Gasteiger partial charge in [0.1, 0.15) is 11.6 Å². The van der Waals surface area contributed by atoms with Crippen LogP contribution in [-0.2, 0) is 14.1 Å². The maximum absolute atomic E-state index is 6.21. The lowest BCUT2D eigenvalue weighted by Crippen LogP contribution is -2.28. The maximum Gasteiger partial charge on any atom is 0.129 e. The molecule has 6 aliphatic carbocycles. The Labute approximate surface area is 696 Å². The van der Waals surface area contributed by atoms with E-state index in [1.54, 1.807) is 0 Å². The lowest BCUT2D eigenvalue weighted by atomic mass is 9.87. The summed E-state index contributed by atoms with van der Waals surface area (Å²) < 4.78 is 3.71. The number of pyridine rings is 3. The fourth-order valence-corrected chi connectivity index (χ4v) is 24.2.